The van der Waals surface area contributed by atoms with Crippen LogP contribution in [-0.4, -0.2) is 5.78 Å². The third-order valence-electron chi connectivity index (χ3n) is 3.70. The Morgan fingerprint density at radius 3 is 2.32 bits per heavy atom. The number of rotatable bonds is 6. The number of para-hydroxylation sites is 1. The first-order chi connectivity index (χ1) is 12.2. The first-order valence-corrected chi connectivity index (χ1v) is 9.04. The van der Waals surface area contributed by atoms with Crippen molar-refractivity contribution >= 4 is 34.5 Å². The third-order valence-corrected chi connectivity index (χ3v) is 4.42. The molecule has 0 N–H and O–H groups in total. The molecule has 0 amide bonds. The van der Waals surface area contributed by atoms with Gasteiger partial charge in [-0.15, -0.1) is 0 Å². The summed E-state index contributed by atoms with van der Waals surface area (Å²) in [7, 11) is 0. The first-order valence-electron chi connectivity index (χ1n) is 7.96. The molecular formula is C22H17IO2. The van der Waals surface area contributed by atoms with E-state index in [1.807, 2.05) is 78.9 Å². The summed E-state index contributed by atoms with van der Waals surface area (Å²) in [5.41, 5.74) is 2.67. The highest BCUT2D eigenvalue weighted by Crippen LogP contribution is 2.21. The number of allylic oxidation sites excluding steroid dienone is 1. The lowest BCUT2D eigenvalue weighted by Gasteiger charge is -2.09. The van der Waals surface area contributed by atoms with E-state index in [1.165, 1.54) is 0 Å². The van der Waals surface area contributed by atoms with Gasteiger partial charge < -0.3 is 4.74 Å². The Labute approximate surface area is 161 Å². The summed E-state index contributed by atoms with van der Waals surface area (Å²) in [6.45, 7) is 0.497. The predicted molar refractivity (Wildman–Crippen MR) is 110 cm³/mol. The van der Waals surface area contributed by atoms with Crippen molar-refractivity contribution in [3.63, 3.8) is 0 Å². The van der Waals surface area contributed by atoms with Gasteiger partial charge in [0.1, 0.15) is 12.4 Å². The molecule has 0 aliphatic carbocycles. The molecule has 0 spiro atoms. The molecule has 124 valence electrons. The molecule has 0 atom stereocenters. The normalized spacial score (nSPS) is 10.8. The van der Waals surface area contributed by atoms with Crippen LogP contribution in [0.5, 0.6) is 5.75 Å². The summed E-state index contributed by atoms with van der Waals surface area (Å²) in [4.78, 5) is 12.3. The average Bonchev–Trinajstić information content (AvgIpc) is 2.66. The van der Waals surface area contributed by atoms with Crippen molar-refractivity contribution in [2.75, 3.05) is 0 Å². The molecule has 0 saturated heterocycles. The fourth-order valence-corrected chi connectivity index (χ4v) is 2.72. The van der Waals surface area contributed by atoms with E-state index in [1.54, 1.807) is 12.2 Å². The van der Waals surface area contributed by atoms with E-state index in [0.29, 0.717) is 12.2 Å². The lowest BCUT2D eigenvalue weighted by molar-refractivity contribution is 0.104. The third kappa shape index (κ3) is 5.03. The summed E-state index contributed by atoms with van der Waals surface area (Å²) >= 11 is 2.22. The van der Waals surface area contributed by atoms with Gasteiger partial charge in [0, 0.05) is 14.7 Å². The van der Waals surface area contributed by atoms with Crippen LogP contribution in [0.2, 0.25) is 0 Å². The summed E-state index contributed by atoms with van der Waals surface area (Å²) in [6.07, 6.45) is 3.40. The maximum Gasteiger partial charge on any atom is 0.185 e. The highest BCUT2D eigenvalue weighted by Gasteiger charge is 2.04. The zero-order chi connectivity index (χ0) is 17.5. The van der Waals surface area contributed by atoms with Crippen molar-refractivity contribution in [3.05, 3.63) is 105 Å². The zero-order valence-electron chi connectivity index (χ0n) is 13.6. The fraction of sp³-hybridized carbons (Fsp3) is 0.0455. The smallest absolute Gasteiger partial charge is 0.185 e. The molecule has 0 heterocycles. The van der Waals surface area contributed by atoms with Gasteiger partial charge in [-0.3, -0.25) is 4.79 Å². The molecule has 3 aromatic rings. The van der Waals surface area contributed by atoms with E-state index in [0.717, 1.165) is 20.4 Å². The molecule has 0 fully saturated rings. The Morgan fingerprint density at radius 1 is 0.880 bits per heavy atom. The molecule has 3 rings (SSSR count). The van der Waals surface area contributed by atoms with E-state index >= 15 is 0 Å². The van der Waals surface area contributed by atoms with Crippen molar-refractivity contribution < 1.29 is 9.53 Å². The maximum absolute atomic E-state index is 12.3. The minimum atomic E-state index is -0.0192. The molecule has 2 nitrogen and oxygen atoms in total. The van der Waals surface area contributed by atoms with Crippen molar-refractivity contribution in [1.82, 2.24) is 0 Å². The molecule has 0 unspecified atom stereocenters. The Hall–Kier alpha value is -2.40. The molecular weight excluding hydrogens is 423 g/mol. The van der Waals surface area contributed by atoms with Crippen molar-refractivity contribution in [1.29, 1.82) is 0 Å². The van der Waals surface area contributed by atoms with Crippen LogP contribution in [-0.2, 0) is 6.61 Å². The summed E-state index contributed by atoms with van der Waals surface area (Å²) in [5, 5.41) is 0. The second-order valence-electron chi connectivity index (χ2n) is 5.52. The lowest BCUT2D eigenvalue weighted by Crippen LogP contribution is -1.97. The average molecular weight is 440 g/mol. The van der Waals surface area contributed by atoms with Crippen LogP contribution in [0, 0.1) is 3.57 Å². The van der Waals surface area contributed by atoms with Gasteiger partial charge >= 0.3 is 0 Å². The second-order valence-corrected chi connectivity index (χ2v) is 6.76. The SMILES string of the molecule is O=C(C=Cc1ccccc1OCc1ccccc1)c1ccc(I)cc1. The van der Waals surface area contributed by atoms with Gasteiger partial charge in [-0.05, 0) is 58.5 Å². The lowest BCUT2D eigenvalue weighted by atomic mass is 10.1. The van der Waals surface area contributed by atoms with Crippen LogP contribution in [0.25, 0.3) is 6.08 Å². The molecule has 0 bridgehead atoms. The van der Waals surface area contributed by atoms with Gasteiger partial charge in [0.05, 0.1) is 0 Å². The monoisotopic (exact) mass is 440 g/mol. The summed E-state index contributed by atoms with van der Waals surface area (Å²) < 4.78 is 7.02. The highest BCUT2D eigenvalue weighted by atomic mass is 127. The Kier molecular flexibility index (Phi) is 6.01. The van der Waals surface area contributed by atoms with Gasteiger partial charge in [0.15, 0.2) is 5.78 Å². The van der Waals surface area contributed by atoms with Gasteiger partial charge in [0.25, 0.3) is 0 Å². The quantitative estimate of drug-likeness (QED) is 0.277. The van der Waals surface area contributed by atoms with E-state index in [-0.39, 0.29) is 5.78 Å². The maximum atomic E-state index is 12.3. The highest BCUT2D eigenvalue weighted by molar-refractivity contribution is 14.1. The Bertz CT molecular complexity index is 868. The van der Waals surface area contributed by atoms with Gasteiger partial charge in [-0.25, -0.2) is 0 Å². The van der Waals surface area contributed by atoms with E-state index in [2.05, 4.69) is 22.6 Å². The molecule has 25 heavy (non-hydrogen) atoms. The standard InChI is InChI=1S/C22H17IO2/c23-20-13-10-18(11-14-20)21(24)15-12-19-8-4-5-9-22(19)25-16-17-6-2-1-3-7-17/h1-15H,16H2. The molecule has 0 aromatic heterocycles. The van der Waals surface area contributed by atoms with Crippen molar-refractivity contribution in [2.45, 2.75) is 6.61 Å². The fourth-order valence-electron chi connectivity index (χ4n) is 2.36. The second kappa shape index (κ2) is 8.62. The van der Waals surface area contributed by atoms with Crippen LogP contribution in [0.1, 0.15) is 21.5 Å². The number of hydrogen-bond acceptors (Lipinski definition) is 2. The van der Waals surface area contributed by atoms with Crippen LogP contribution >= 0.6 is 22.6 Å². The van der Waals surface area contributed by atoms with Crippen molar-refractivity contribution in [3.8, 4) is 5.75 Å². The number of benzene rings is 3. The topological polar surface area (TPSA) is 26.3 Å². The van der Waals surface area contributed by atoms with Gasteiger partial charge in [-0.1, -0.05) is 60.7 Å². The number of ether oxygens (including phenoxy) is 1. The number of ketones is 1. The molecule has 0 radical (unpaired) electrons. The number of halogens is 1. The molecule has 3 heteroatoms. The molecule has 0 saturated carbocycles. The number of carbonyl (C=O) groups excluding carboxylic acids is 1. The number of carbonyl (C=O) groups is 1. The van der Waals surface area contributed by atoms with Crippen LogP contribution in [0.15, 0.2) is 84.9 Å². The molecule has 0 aliphatic heterocycles. The largest absolute Gasteiger partial charge is 0.488 e. The molecule has 3 aromatic carbocycles. The Balaban J connectivity index is 1.72. The van der Waals surface area contributed by atoms with Crippen LogP contribution in [0.3, 0.4) is 0 Å². The summed E-state index contributed by atoms with van der Waals surface area (Å²) in [6, 6.07) is 25.3. The van der Waals surface area contributed by atoms with E-state index in [4.69, 9.17) is 4.74 Å². The molecule has 0 aliphatic rings. The van der Waals surface area contributed by atoms with Crippen molar-refractivity contribution in [2.24, 2.45) is 0 Å². The van der Waals surface area contributed by atoms with Gasteiger partial charge in [-0.2, -0.15) is 0 Å². The zero-order valence-corrected chi connectivity index (χ0v) is 15.7. The minimum absolute atomic E-state index is 0.0192. The summed E-state index contributed by atoms with van der Waals surface area (Å²) in [5.74, 6) is 0.743. The first kappa shape index (κ1) is 17.4. The van der Waals surface area contributed by atoms with Crippen LogP contribution < -0.4 is 4.74 Å². The number of hydrogen-bond donors (Lipinski definition) is 0. The van der Waals surface area contributed by atoms with Crippen LogP contribution in [0.4, 0.5) is 0 Å². The predicted octanol–water partition coefficient (Wildman–Crippen LogP) is 5.77. The van der Waals surface area contributed by atoms with E-state index < -0.39 is 0 Å². The van der Waals surface area contributed by atoms with E-state index in [9.17, 15) is 4.79 Å². The minimum Gasteiger partial charge on any atom is -0.488 e. The Morgan fingerprint density at radius 2 is 1.56 bits per heavy atom. The van der Waals surface area contributed by atoms with Gasteiger partial charge in [0.2, 0.25) is 0 Å².